The van der Waals surface area contributed by atoms with Crippen LogP contribution in [0.5, 0.6) is 0 Å². The standard InChI is InChI=1S/C24H30F3N/c1-2-3-4-5-17-6-11-19(12-7-17)20-13-8-18(9-14-20)10-15-21-16-22(25)24(27)28-23(21)26/h8-9,13-14,16-17,19H,2-7,10-12,15H2,1H3/t17-,19-. The van der Waals surface area contributed by atoms with Gasteiger partial charge in [-0.05, 0) is 67.6 Å². The molecule has 4 heteroatoms. The van der Waals surface area contributed by atoms with E-state index < -0.39 is 17.7 Å². The van der Waals surface area contributed by atoms with Crippen LogP contribution in [-0.2, 0) is 12.8 Å². The molecule has 1 aromatic carbocycles. The van der Waals surface area contributed by atoms with Crippen molar-refractivity contribution >= 4 is 0 Å². The number of pyridine rings is 1. The van der Waals surface area contributed by atoms with Crippen LogP contribution in [0.15, 0.2) is 30.3 Å². The minimum absolute atomic E-state index is 0.115. The highest BCUT2D eigenvalue weighted by molar-refractivity contribution is 5.27. The van der Waals surface area contributed by atoms with Crippen molar-refractivity contribution in [3.63, 3.8) is 0 Å². The first-order chi connectivity index (χ1) is 13.6. The van der Waals surface area contributed by atoms with Gasteiger partial charge in [0.1, 0.15) is 0 Å². The number of nitrogens with zero attached hydrogens (tertiary/aromatic N) is 1. The molecule has 1 heterocycles. The molecular weight excluding hydrogens is 359 g/mol. The highest BCUT2D eigenvalue weighted by Crippen LogP contribution is 2.37. The zero-order valence-electron chi connectivity index (χ0n) is 16.7. The quantitative estimate of drug-likeness (QED) is 0.345. The summed E-state index contributed by atoms with van der Waals surface area (Å²) in [6.45, 7) is 2.26. The lowest BCUT2D eigenvalue weighted by Crippen LogP contribution is -2.13. The molecule has 0 unspecified atom stereocenters. The molecule has 1 nitrogen and oxygen atoms in total. The Kier molecular flexibility index (Phi) is 7.52. The maximum Gasteiger partial charge on any atom is 0.251 e. The summed E-state index contributed by atoms with van der Waals surface area (Å²) in [6.07, 6.45) is 11.5. The van der Waals surface area contributed by atoms with Crippen LogP contribution in [0.2, 0.25) is 0 Å². The summed E-state index contributed by atoms with van der Waals surface area (Å²) < 4.78 is 39.8. The topological polar surface area (TPSA) is 12.9 Å². The molecule has 1 fully saturated rings. The molecule has 0 N–H and O–H groups in total. The molecule has 0 atom stereocenters. The van der Waals surface area contributed by atoms with Gasteiger partial charge in [-0.2, -0.15) is 13.8 Å². The van der Waals surface area contributed by atoms with Crippen LogP contribution in [0.4, 0.5) is 13.2 Å². The van der Waals surface area contributed by atoms with Crippen LogP contribution in [0.25, 0.3) is 0 Å². The van der Waals surface area contributed by atoms with E-state index in [1.165, 1.54) is 56.9 Å². The van der Waals surface area contributed by atoms with E-state index in [9.17, 15) is 13.2 Å². The number of hydrogen-bond acceptors (Lipinski definition) is 1. The zero-order chi connectivity index (χ0) is 19.9. The van der Waals surface area contributed by atoms with Crippen molar-refractivity contribution in [1.29, 1.82) is 0 Å². The minimum atomic E-state index is -1.38. The SMILES string of the molecule is CCCCC[C@H]1CC[C@H](c2ccc(CCc3cc(F)c(F)nc3F)cc2)CC1. The van der Waals surface area contributed by atoms with Crippen molar-refractivity contribution in [2.24, 2.45) is 5.92 Å². The monoisotopic (exact) mass is 389 g/mol. The lowest BCUT2D eigenvalue weighted by atomic mass is 9.77. The Morgan fingerprint density at radius 2 is 1.61 bits per heavy atom. The maximum absolute atomic E-state index is 13.7. The third kappa shape index (κ3) is 5.59. The van der Waals surface area contributed by atoms with Gasteiger partial charge in [-0.3, -0.25) is 0 Å². The number of rotatable bonds is 8. The fraction of sp³-hybridized carbons (Fsp3) is 0.542. The number of benzene rings is 1. The molecule has 0 bridgehead atoms. The predicted octanol–water partition coefficient (Wildman–Crippen LogP) is 7.14. The van der Waals surface area contributed by atoms with Gasteiger partial charge in [0.05, 0.1) is 0 Å². The van der Waals surface area contributed by atoms with Gasteiger partial charge in [0.2, 0.25) is 5.95 Å². The summed E-state index contributed by atoms with van der Waals surface area (Å²) in [4.78, 5) is 2.98. The highest BCUT2D eigenvalue weighted by atomic mass is 19.2. The molecule has 1 aromatic heterocycles. The van der Waals surface area contributed by atoms with Crippen LogP contribution in [-0.4, -0.2) is 4.98 Å². The van der Waals surface area contributed by atoms with Gasteiger partial charge in [-0.15, -0.1) is 0 Å². The fourth-order valence-electron chi connectivity index (χ4n) is 4.36. The third-order valence-corrected chi connectivity index (χ3v) is 6.16. The normalized spacial score (nSPS) is 19.7. The van der Waals surface area contributed by atoms with Crippen LogP contribution >= 0.6 is 0 Å². The lowest BCUT2D eigenvalue weighted by molar-refractivity contribution is 0.303. The van der Waals surface area contributed by atoms with Crippen molar-refractivity contribution < 1.29 is 13.2 Å². The second-order valence-corrected chi connectivity index (χ2v) is 8.17. The molecule has 3 rings (SSSR count). The minimum Gasteiger partial charge on any atom is -0.202 e. The van der Waals surface area contributed by atoms with Crippen LogP contribution in [0.1, 0.15) is 80.9 Å². The van der Waals surface area contributed by atoms with Gasteiger partial charge in [0.15, 0.2) is 5.82 Å². The fourth-order valence-corrected chi connectivity index (χ4v) is 4.36. The number of aryl methyl sites for hydroxylation is 2. The van der Waals surface area contributed by atoms with E-state index in [1.54, 1.807) is 0 Å². The molecule has 1 aliphatic carbocycles. The molecule has 0 amide bonds. The summed E-state index contributed by atoms with van der Waals surface area (Å²) in [5.41, 5.74) is 2.57. The number of halogens is 3. The molecule has 1 saturated carbocycles. The van der Waals surface area contributed by atoms with Gasteiger partial charge >= 0.3 is 0 Å². The van der Waals surface area contributed by atoms with E-state index in [2.05, 4.69) is 36.2 Å². The van der Waals surface area contributed by atoms with Crippen molar-refractivity contribution in [3.8, 4) is 0 Å². The summed E-state index contributed by atoms with van der Waals surface area (Å²) in [6, 6.07) is 9.42. The Morgan fingerprint density at radius 1 is 0.893 bits per heavy atom. The van der Waals surface area contributed by atoms with Gasteiger partial charge in [-0.1, -0.05) is 56.9 Å². The Hall–Kier alpha value is -1.84. The maximum atomic E-state index is 13.7. The Labute approximate surface area is 166 Å². The van der Waals surface area contributed by atoms with E-state index >= 15 is 0 Å². The Balaban J connectivity index is 1.50. The van der Waals surface area contributed by atoms with Gasteiger partial charge in [-0.25, -0.2) is 4.39 Å². The van der Waals surface area contributed by atoms with Crippen molar-refractivity contribution in [1.82, 2.24) is 4.98 Å². The van der Waals surface area contributed by atoms with Crippen molar-refractivity contribution in [2.45, 2.75) is 77.0 Å². The molecule has 0 radical (unpaired) electrons. The largest absolute Gasteiger partial charge is 0.251 e. The molecule has 1 aliphatic rings. The first kappa shape index (κ1) is 20.9. The van der Waals surface area contributed by atoms with Crippen LogP contribution in [0, 0.1) is 23.6 Å². The van der Waals surface area contributed by atoms with Gasteiger partial charge in [0.25, 0.3) is 5.95 Å². The van der Waals surface area contributed by atoms with E-state index in [1.807, 2.05) is 0 Å². The highest BCUT2D eigenvalue weighted by Gasteiger charge is 2.22. The Bertz CT molecular complexity index is 749. The molecule has 0 saturated heterocycles. The second kappa shape index (κ2) is 10.1. The van der Waals surface area contributed by atoms with Gasteiger partial charge in [0, 0.05) is 5.56 Å². The molecule has 28 heavy (non-hydrogen) atoms. The average Bonchev–Trinajstić information content (AvgIpc) is 2.71. The van der Waals surface area contributed by atoms with E-state index in [0.29, 0.717) is 18.8 Å². The summed E-state index contributed by atoms with van der Waals surface area (Å²) in [5, 5.41) is 0. The van der Waals surface area contributed by atoms with Crippen LogP contribution in [0.3, 0.4) is 0 Å². The first-order valence-electron chi connectivity index (χ1n) is 10.7. The van der Waals surface area contributed by atoms with E-state index in [4.69, 9.17) is 0 Å². The number of hydrogen-bond donors (Lipinski definition) is 0. The second-order valence-electron chi connectivity index (χ2n) is 8.17. The van der Waals surface area contributed by atoms with Gasteiger partial charge < -0.3 is 0 Å². The first-order valence-corrected chi connectivity index (χ1v) is 10.7. The molecular formula is C24H30F3N. The van der Waals surface area contributed by atoms with E-state index in [0.717, 1.165) is 17.5 Å². The van der Waals surface area contributed by atoms with E-state index in [-0.39, 0.29) is 5.56 Å². The predicted molar refractivity (Wildman–Crippen MR) is 107 cm³/mol. The van der Waals surface area contributed by atoms with Crippen molar-refractivity contribution in [3.05, 3.63) is 64.7 Å². The summed E-state index contributed by atoms with van der Waals surface area (Å²) >= 11 is 0. The lowest BCUT2D eigenvalue weighted by Gasteiger charge is -2.29. The molecule has 0 spiro atoms. The Morgan fingerprint density at radius 3 is 2.29 bits per heavy atom. The third-order valence-electron chi connectivity index (χ3n) is 6.16. The summed E-state index contributed by atoms with van der Waals surface area (Å²) in [7, 11) is 0. The number of aromatic nitrogens is 1. The van der Waals surface area contributed by atoms with Crippen LogP contribution < -0.4 is 0 Å². The molecule has 0 aliphatic heterocycles. The number of unbranched alkanes of at least 4 members (excludes halogenated alkanes) is 2. The smallest absolute Gasteiger partial charge is 0.202 e. The molecule has 2 aromatic rings. The molecule has 152 valence electrons. The summed E-state index contributed by atoms with van der Waals surface area (Å²) in [5.74, 6) is -1.86. The average molecular weight is 390 g/mol. The zero-order valence-corrected chi connectivity index (χ0v) is 16.7. The van der Waals surface area contributed by atoms with Crippen molar-refractivity contribution in [2.75, 3.05) is 0 Å².